The van der Waals surface area contributed by atoms with Crippen LogP contribution < -0.4 is 10.3 Å². The van der Waals surface area contributed by atoms with Crippen molar-refractivity contribution in [2.45, 2.75) is 33.2 Å². The molecule has 0 fully saturated rings. The highest BCUT2D eigenvalue weighted by Crippen LogP contribution is 2.12. The predicted molar refractivity (Wildman–Crippen MR) is 81.4 cm³/mol. The van der Waals surface area contributed by atoms with Crippen molar-refractivity contribution in [2.75, 3.05) is 6.61 Å². The summed E-state index contributed by atoms with van der Waals surface area (Å²) in [5, 5.41) is 0. The molecule has 0 aliphatic heterocycles. The fraction of sp³-hybridized carbons (Fsp3) is 0.353. The van der Waals surface area contributed by atoms with Gasteiger partial charge in [-0.15, -0.1) is 0 Å². The van der Waals surface area contributed by atoms with Gasteiger partial charge in [-0.1, -0.05) is 25.1 Å². The van der Waals surface area contributed by atoms with Gasteiger partial charge in [0.1, 0.15) is 5.75 Å². The molecule has 2 aromatic rings. The summed E-state index contributed by atoms with van der Waals surface area (Å²) in [5.41, 5.74) is 2.17. The number of hydrogen-bond acceptors (Lipinski definition) is 2. The minimum Gasteiger partial charge on any atom is -0.494 e. The standard InChI is InChI=1S/C17H21NO2/c1-3-15-7-9-16(10-8-15)20-13-5-12-18-11-4-6-14(2)17(18)19/h4,6-11H,3,5,12-13H2,1-2H3. The molecular formula is C17H21NO2. The lowest BCUT2D eigenvalue weighted by molar-refractivity contribution is 0.301. The molecular weight excluding hydrogens is 250 g/mol. The van der Waals surface area contributed by atoms with E-state index in [9.17, 15) is 4.79 Å². The smallest absolute Gasteiger partial charge is 0.253 e. The summed E-state index contributed by atoms with van der Waals surface area (Å²) < 4.78 is 7.42. The van der Waals surface area contributed by atoms with Crippen molar-refractivity contribution in [1.29, 1.82) is 0 Å². The number of aromatic nitrogens is 1. The van der Waals surface area contributed by atoms with Gasteiger partial charge in [0.25, 0.3) is 5.56 Å². The quantitative estimate of drug-likeness (QED) is 0.756. The van der Waals surface area contributed by atoms with E-state index >= 15 is 0 Å². The van der Waals surface area contributed by atoms with Crippen molar-refractivity contribution in [1.82, 2.24) is 4.57 Å². The third-order valence-electron chi connectivity index (χ3n) is 3.35. The Morgan fingerprint density at radius 2 is 1.90 bits per heavy atom. The van der Waals surface area contributed by atoms with E-state index in [1.807, 2.05) is 37.4 Å². The maximum absolute atomic E-state index is 11.8. The molecule has 0 aliphatic carbocycles. The van der Waals surface area contributed by atoms with Crippen LogP contribution in [0.25, 0.3) is 0 Å². The van der Waals surface area contributed by atoms with Gasteiger partial charge in [-0.25, -0.2) is 0 Å². The summed E-state index contributed by atoms with van der Waals surface area (Å²) in [6.45, 7) is 5.28. The molecule has 0 aliphatic rings. The van der Waals surface area contributed by atoms with Crippen molar-refractivity contribution >= 4 is 0 Å². The highest BCUT2D eigenvalue weighted by molar-refractivity contribution is 5.27. The first kappa shape index (κ1) is 14.4. The highest BCUT2D eigenvalue weighted by Gasteiger charge is 1.99. The Balaban J connectivity index is 1.81. The van der Waals surface area contributed by atoms with Gasteiger partial charge in [-0.3, -0.25) is 4.79 Å². The summed E-state index contributed by atoms with van der Waals surface area (Å²) in [4.78, 5) is 11.8. The van der Waals surface area contributed by atoms with Gasteiger partial charge in [-0.05, 0) is 43.5 Å². The van der Waals surface area contributed by atoms with E-state index in [0.29, 0.717) is 13.2 Å². The molecule has 0 atom stereocenters. The van der Waals surface area contributed by atoms with E-state index in [1.165, 1.54) is 5.56 Å². The summed E-state index contributed by atoms with van der Waals surface area (Å²) in [7, 11) is 0. The molecule has 0 saturated heterocycles. The zero-order chi connectivity index (χ0) is 14.4. The molecule has 0 saturated carbocycles. The number of hydrogen-bond donors (Lipinski definition) is 0. The first-order chi connectivity index (χ1) is 9.70. The van der Waals surface area contributed by atoms with E-state index in [0.717, 1.165) is 24.2 Å². The van der Waals surface area contributed by atoms with Crippen LogP contribution in [-0.2, 0) is 13.0 Å². The van der Waals surface area contributed by atoms with Crippen LogP contribution >= 0.6 is 0 Å². The molecule has 0 spiro atoms. The fourth-order valence-corrected chi connectivity index (χ4v) is 2.08. The molecule has 0 amide bonds. The largest absolute Gasteiger partial charge is 0.494 e. The second-order valence-electron chi connectivity index (χ2n) is 4.89. The molecule has 3 nitrogen and oxygen atoms in total. The van der Waals surface area contributed by atoms with Gasteiger partial charge in [0.05, 0.1) is 6.61 Å². The normalized spacial score (nSPS) is 10.5. The van der Waals surface area contributed by atoms with Crippen LogP contribution in [0.15, 0.2) is 47.4 Å². The number of pyridine rings is 1. The average Bonchev–Trinajstić information content (AvgIpc) is 2.48. The Kier molecular flexibility index (Phi) is 4.99. The topological polar surface area (TPSA) is 31.2 Å². The second-order valence-corrected chi connectivity index (χ2v) is 4.89. The highest BCUT2D eigenvalue weighted by atomic mass is 16.5. The second kappa shape index (κ2) is 6.94. The lowest BCUT2D eigenvalue weighted by Gasteiger charge is -2.08. The molecule has 1 aromatic carbocycles. The van der Waals surface area contributed by atoms with Gasteiger partial charge in [0.2, 0.25) is 0 Å². The average molecular weight is 271 g/mol. The maximum Gasteiger partial charge on any atom is 0.253 e. The number of aryl methyl sites for hydroxylation is 3. The van der Waals surface area contributed by atoms with E-state index in [4.69, 9.17) is 4.74 Å². The Morgan fingerprint density at radius 1 is 1.15 bits per heavy atom. The van der Waals surface area contributed by atoms with E-state index in [2.05, 4.69) is 19.1 Å². The van der Waals surface area contributed by atoms with Gasteiger partial charge in [0.15, 0.2) is 0 Å². The molecule has 3 heteroatoms. The van der Waals surface area contributed by atoms with E-state index < -0.39 is 0 Å². The van der Waals surface area contributed by atoms with Crippen LogP contribution in [0.1, 0.15) is 24.5 Å². The Morgan fingerprint density at radius 3 is 2.60 bits per heavy atom. The molecule has 1 aromatic heterocycles. The molecule has 0 bridgehead atoms. The lowest BCUT2D eigenvalue weighted by atomic mass is 10.2. The van der Waals surface area contributed by atoms with Crippen LogP contribution in [0.3, 0.4) is 0 Å². The van der Waals surface area contributed by atoms with Crippen molar-refractivity contribution < 1.29 is 4.74 Å². The SMILES string of the molecule is CCc1ccc(OCCCn2cccc(C)c2=O)cc1. The summed E-state index contributed by atoms with van der Waals surface area (Å²) in [6, 6.07) is 11.9. The zero-order valence-corrected chi connectivity index (χ0v) is 12.1. The monoisotopic (exact) mass is 271 g/mol. The Bertz CT molecular complexity index is 599. The molecule has 0 unspecified atom stereocenters. The fourth-order valence-electron chi connectivity index (χ4n) is 2.08. The van der Waals surface area contributed by atoms with Gasteiger partial charge in [0, 0.05) is 18.3 Å². The number of rotatable bonds is 6. The summed E-state index contributed by atoms with van der Waals surface area (Å²) in [5.74, 6) is 0.888. The number of ether oxygens (including phenoxy) is 1. The van der Waals surface area contributed by atoms with E-state index in [-0.39, 0.29) is 5.56 Å². The molecule has 2 rings (SSSR count). The van der Waals surface area contributed by atoms with Crippen LogP contribution in [0.4, 0.5) is 0 Å². The molecule has 106 valence electrons. The lowest BCUT2D eigenvalue weighted by Crippen LogP contribution is -2.22. The Hall–Kier alpha value is -2.03. The minimum atomic E-state index is 0.0831. The van der Waals surface area contributed by atoms with Crippen molar-refractivity contribution in [3.63, 3.8) is 0 Å². The number of benzene rings is 1. The third-order valence-corrected chi connectivity index (χ3v) is 3.35. The first-order valence-electron chi connectivity index (χ1n) is 7.08. The van der Waals surface area contributed by atoms with E-state index in [1.54, 1.807) is 4.57 Å². The van der Waals surface area contributed by atoms with Gasteiger partial charge >= 0.3 is 0 Å². The van der Waals surface area contributed by atoms with Crippen molar-refractivity contribution in [3.8, 4) is 5.75 Å². The maximum atomic E-state index is 11.8. The van der Waals surface area contributed by atoms with Crippen LogP contribution in [0, 0.1) is 6.92 Å². The van der Waals surface area contributed by atoms with Gasteiger partial charge < -0.3 is 9.30 Å². The summed E-state index contributed by atoms with van der Waals surface area (Å²) in [6.07, 6.45) is 3.68. The Labute approximate surface area is 119 Å². The minimum absolute atomic E-state index is 0.0831. The van der Waals surface area contributed by atoms with Crippen LogP contribution in [0.5, 0.6) is 5.75 Å². The van der Waals surface area contributed by atoms with Gasteiger partial charge in [-0.2, -0.15) is 0 Å². The molecule has 0 N–H and O–H groups in total. The summed E-state index contributed by atoms with van der Waals surface area (Å²) >= 11 is 0. The molecule has 20 heavy (non-hydrogen) atoms. The third kappa shape index (κ3) is 3.73. The molecule has 1 heterocycles. The predicted octanol–water partition coefficient (Wildman–Crippen LogP) is 3.19. The number of nitrogens with zero attached hydrogens (tertiary/aromatic N) is 1. The van der Waals surface area contributed by atoms with Crippen molar-refractivity contribution in [2.24, 2.45) is 0 Å². The molecule has 0 radical (unpaired) electrons. The van der Waals surface area contributed by atoms with Crippen LogP contribution in [-0.4, -0.2) is 11.2 Å². The first-order valence-corrected chi connectivity index (χ1v) is 7.08. The van der Waals surface area contributed by atoms with Crippen molar-refractivity contribution in [3.05, 3.63) is 64.1 Å². The zero-order valence-electron chi connectivity index (χ0n) is 12.1. The van der Waals surface area contributed by atoms with Crippen LogP contribution in [0.2, 0.25) is 0 Å².